The molecule has 0 aliphatic rings. The van der Waals surface area contributed by atoms with Crippen LogP contribution in [0.3, 0.4) is 0 Å². The molecule has 0 fully saturated rings. The summed E-state index contributed by atoms with van der Waals surface area (Å²) in [4.78, 5) is 0. The van der Waals surface area contributed by atoms with E-state index in [9.17, 15) is 0 Å². The van der Waals surface area contributed by atoms with Gasteiger partial charge < -0.3 is 9.30 Å². The maximum Gasteiger partial charge on any atom is 0.155 e. The van der Waals surface area contributed by atoms with Gasteiger partial charge in [0.05, 0.1) is 7.11 Å². The topological polar surface area (TPSA) is 39.9 Å². The minimum Gasteiger partial charge on any atom is -0.497 e. The predicted octanol–water partition coefficient (Wildman–Crippen LogP) is 2.91. The monoisotopic (exact) mass is 315 g/mol. The Morgan fingerprint density at radius 3 is 2.76 bits per heavy atom. The molecule has 2 rings (SSSR count). The van der Waals surface area contributed by atoms with Gasteiger partial charge in [-0.25, -0.2) is 0 Å². The zero-order valence-electron chi connectivity index (χ0n) is 9.39. The standard InChI is InChI=1S/C11H11BrClN3O/c1-16-6-14-15-11(16)10(13)7-3-8(12)5-9(4-7)17-2/h3-6,10H,1-2H3. The number of aryl methyl sites for hydroxylation is 1. The van der Waals surface area contributed by atoms with E-state index in [1.807, 2.05) is 25.2 Å². The molecule has 6 heteroatoms. The lowest BCUT2D eigenvalue weighted by atomic mass is 10.1. The lowest BCUT2D eigenvalue weighted by molar-refractivity contribution is 0.414. The van der Waals surface area contributed by atoms with Crippen LogP contribution in [0.15, 0.2) is 29.0 Å². The second-order valence-electron chi connectivity index (χ2n) is 3.59. The Hall–Kier alpha value is -1.07. The quantitative estimate of drug-likeness (QED) is 0.817. The first-order valence-corrected chi connectivity index (χ1v) is 6.17. The Labute approximate surface area is 113 Å². The zero-order chi connectivity index (χ0) is 12.4. The Bertz CT molecular complexity index is 529. The fourth-order valence-corrected chi connectivity index (χ4v) is 2.33. The highest BCUT2D eigenvalue weighted by Gasteiger charge is 2.17. The molecule has 0 aliphatic heterocycles. The number of methoxy groups -OCH3 is 1. The van der Waals surface area contributed by atoms with Crippen molar-refractivity contribution in [1.29, 1.82) is 0 Å². The molecule has 4 nitrogen and oxygen atoms in total. The Morgan fingerprint density at radius 2 is 2.18 bits per heavy atom. The first kappa shape index (κ1) is 12.4. The van der Waals surface area contributed by atoms with Gasteiger partial charge in [0.2, 0.25) is 0 Å². The summed E-state index contributed by atoms with van der Waals surface area (Å²) in [5.74, 6) is 1.45. The van der Waals surface area contributed by atoms with Gasteiger partial charge in [0.15, 0.2) is 5.82 Å². The molecule has 90 valence electrons. The Morgan fingerprint density at radius 1 is 1.41 bits per heavy atom. The van der Waals surface area contributed by atoms with E-state index in [-0.39, 0.29) is 5.38 Å². The lowest BCUT2D eigenvalue weighted by Crippen LogP contribution is -2.02. The number of rotatable bonds is 3. The molecule has 0 N–H and O–H groups in total. The van der Waals surface area contributed by atoms with Crippen molar-refractivity contribution in [1.82, 2.24) is 14.8 Å². The molecule has 2 aromatic rings. The smallest absolute Gasteiger partial charge is 0.155 e. The van der Waals surface area contributed by atoms with Gasteiger partial charge in [-0.3, -0.25) is 0 Å². The Kier molecular flexibility index (Phi) is 3.69. The number of hydrogen-bond acceptors (Lipinski definition) is 3. The summed E-state index contributed by atoms with van der Waals surface area (Å²) in [5.41, 5.74) is 0.911. The second-order valence-corrected chi connectivity index (χ2v) is 4.94. The molecule has 0 bridgehead atoms. The third-order valence-corrected chi connectivity index (χ3v) is 3.30. The third kappa shape index (κ3) is 2.61. The van der Waals surface area contributed by atoms with Gasteiger partial charge in [0.25, 0.3) is 0 Å². The van der Waals surface area contributed by atoms with E-state index in [2.05, 4.69) is 26.1 Å². The van der Waals surface area contributed by atoms with Gasteiger partial charge in [-0.15, -0.1) is 21.8 Å². The minimum atomic E-state index is -0.353. The van der Waals surface area contributed by atoms with Crippen molar-refractivity contribution in [3.8, 4) is 5.75 Å². The van der Waals surface area contributed by atoms with Crippen LogP contribution in [0, 0.1) is 0 Å². The van der Waals surface area contributed by atoms with Crippen LogP contribution in [0.2, 0.25) is 0 Å². The van der Waals surface area contributed by atoms with Crippen LogP contribution in [-0.4, -0.2) is 21.9 Å². The Balaban J connectivity index is 2.40. The normalized spacial score (nSPS) is 12.5. The van der Waals surface area contributed by atoms with Crippen molar-refractivity contribution in [2.45, 2.75) is 5.38 Å². The SMILES string of the molecule is COc1cc(Br)cc(C(Cl)c2nncn2C)c1. The largest absolute Gasteiger partial charge is 0.497 e. The summed E-state index contributed by atoms with van der Waals surface area (Å²) < 4.78 is 7.91. The molecule has 0 radical (unpaired) electrons. The van der Waals surface area contributed by atoms with E-state index in [1.54, 1.807) is 18.0 Å². The summed E-state index contributed by atoms with van der Waals surface area (Å²) in [6.07, 6.45) is 1.62. The van der Waals surface area contributed by atoms with Crippen LogP contribution in [0.5, 0.6) is 5.75 Å². The van der Waals surface area contributed by atoms with Crippen molar-refractivity contribution in [2.24, 2.45) is 7.05 Å². The number of nitrogens with zero attached hydrogens (tertiary/aromatic N) is 3. The van der Waals surface area contributed by atoms with Gasteiger partial charge in [-0.05, 0) is 23.8 Å². The first-order valence-electron chi connectivity index (χ1n) is 4.94. The average molecular weight is 317 g/mol. The number of benzene rings is 1. The molecular formula is C11H11BrClN3O. The van der Waals surface area contributed by atoms with Crippen LogP contribution in [-0.2, 0) is 7.05 Å². The van der Waals surface area contributed by atoms with E-state index in [1.165, 1.54) is 0 Å². The van der Waals surface area contributed by atoms with Crippen molar-refractivity contribution in [3.63, 3.8) is 0 Å². The van der Waals surface area contributed by atoms with Crippen LogP contribution in [0.25, 0.3) is 0 Å². The molecule has 0 saturated heterocycles. The molecule has 1 heterocycles. The van der Waals surface area contributed by atoms with Crippen LogP contribution in [0.4, 0.5) is 0 Å². The third-order valence-electron chi connectivity index (χ3n) is 2.40. The summed E-state index contributed by atoms with van der Waals surface area (Å²) in [6.45, 7) is 0. The van der Waals surface area contributed by atoms with Crippen LogP contribution >= 0.6 is 27.5 Å². The number of alkyl halides is 1. The maximum atomic E-state index is 6.38. The van der Waals surface area contributed by atoms with Crippen molar-refractivity contribution in [2.75, 3.05) is 7.11 Å². The van der Waals surface area contributed by atoms with Crippen molar-refractivity contribution >= 4 is 27.5 Å². The molecule has 1 unspecified atom stereocenters. The number of halogens is 2. The number of hydrogen-bond donors (Lipinski definition) is 0. The van der Waals surface area contributed by atoms with Gasteiger partial charge in [-0.1, -0.05) is 15.9 Å². The summed E-state index contributed by atoms with van der Waals surface area (Å²) in [7, 11) is 3.48. The predicted molar refractivity (Wildman–Crippen MR) is 69.4 cm³/mol. The minimum absolute atomic E-state index is 0.353. The van der Waals surface area contributed by atoms with E-state index < -0.39 is 0 Å². The average Bonchev–Trinajstić information content (AvgIpc) is 2.73. The van der Waals surface area contributed by atoms with Gasteiger partial charge >= 0.3 is 0 Å². The van der Waals surface area contributed by atoms with Crippen molar-refractivity contribution in [3.05, 3.63) is 40.4 Å². The van der Waals surface area contributed by atoms with E-state index >= 15 is 0 Å². The molecule has 1 aromatic carbocycles. The van der Waals surface area contributed by atoms with Gasteiger partial charge in [0, 0.05) is 11.5 Å². The van der Waals surface area contributed by atoms with Crippen LogP contribution in [0.1, 0.15) is 16.8 Å². The fourth-order valence-electron chi connectivity index (χ4n) is 1.52. The maximum absolute atomic E-state index is 6.38. The molecule has 17 heavy (non-hydrogen) atoms. The summed E-state index contributed by atoms with van der Waals surface area (Å²) in [5, 5.41) is 7.47. The molecule has 0 spiro atoms. The van der Waals surface area contributed by atoms with Gasteiger partial charge in [-0.2, -0.15) is 0 Å². The molecule has 0 aliphatic carbocycles. The van der Waals surface area contributed by atoms with Crippen molar-refractivity contribution < 1.29 is 4.74 Å². The highest BCUT2D eigenvalue weighted by Crippen LogP contribution is 2.32. The fraction of sp³-hybridized carbons (Fsp3) is 0.273. The van der Waals surface area contributed by atoms with Gasteiger partial charge in [0.1, 0.15) is 17.5 Å². The highest BCUT2D eigenvalue weighted by molar-refractivity contribution is 9.10. The molecule has 0 amide bonds. The van der Waals surface area contributed by atoms with E-state index in [0.717, 1.165) is 15.8 Å². The molecule has 1 atom stereocenters. The highest BCUT2D eigenvalue weighted by atomic mass is 79.9. The summed E-state index contributed by atoms with van der Waals surface area (Å²) in [6, 6.07) is 5.70. The van der Waals surface area contributed by atoms with Crippen LogP contribution < -0.4 is 4.74 Å². The van der Waals surface area contributed by atoms with E-state index in [4.69, 9.17) is 16.3 Å². The molecule has 0 saturated carbocycles. The molecular weight excluding hydrogens is 305 g/mol. The second kappa shape index (κ2) is 5.06. The van der Waals surface area contributed by atoms with E-state index in [0.29, 0.717) is 5.82 Å². The lowest BCUT2D eigenvalue weighted by Gasteiger charge is -2.11. The summed E-state index contributed by atoms with van der Waals surface area (Å²) >= 11 is 9.80. The zero-order valence-corrected chi connectivity index (χ0v) is 11.7. The number of ether oxygens (including phenoxy) is 1. The first-order chi connectivity index (χ1) is 8.11. The number of aromatic nitrogens is 3. The molecule has 1 aromatic heterocycles.